The summed E-state index contributed by atoms with van der Waals surface area (Å²) in [6, 6.07) is 13.8. The molecule has 10 heteroatoms. The predicted molar refractivity (Wildman–Crippen MR) is 167 cm³/mol. The lowest BCUT2D eigenvalue weighted by Crippen LogP contribution is -2.34. The molecule has 2 aromatic carbocycles. The highest BCUT2D eigenvalue weighted by Gasteiger charge is 2.21. The van der Waals surface area contributed by atoms with Crippen LogP contribution >= 0.6 is 0 Å². The summed E-state index contributed by atoms with van der Waals surface area (Å²) >= 11 is 0. The molecule has 1 N–H and O–H groups in total. The molecule has 1 aliphatic rings. The van der Waals surface area contributed by atoms with Gasteiger partial charge in [0.05, 0.1) is 26.9 Å². The van der Waals surface area contributed by atoms with E-state index in [2.05, 4.69) is 41.1 Å². The second kappa shape index (κ2) is 16.1. The molecule has 0 spiro atoms. The highest BCUT2D eigenvalue weighted by Crippen LogP contribution is 2.26. The van der Waals surface area contributed by atoms with Gasteiger partial charge < -0.3 is 24.4 Å². The zero-order chi connectivity index (χ0) is 30.6. The van der Waals surface area contributed by atoms with E-state index in [1.807, 2.05) is 24.3 Å². The number of unbranched alkanes of at least 4 members (excludes halogenated alkanes) is 1. The van der Waals surface area contributed by atoms with Gasteiger partial charge in [0.15, 0.2) is 11.6 Å². The summed E-state index contributed by atoms with van der Waals surface area (Å²) in [5.74, 6) is 2.00. The Hall–Kier alpha value is -3.92. The molecule has 1 amide bonds. The first-order chi connectivity index (χ1) is 20.8. The Labute approximate surface area is 254 Å². The first-order valence-corrected chi connectivity index (χ1v) is 15.1. The van der Waals surface area contributed by atoms with Crippen molar-refractivity contribution in [3.05, 3.63) is 66.1 Å². The van der Waals surface area contributed by atoms with E-state index in [1.54, 1.807) is 31.5 Å². The summed E-state index contributed by atoms with van der Waals surface area (Å²) in [5.41, 5.74) is 1.31. The number of amides is 1. The number of likely N-dealkylation sites (tertiary alicyclic amines) is 1. The van der Waals surface area contributed by atoms with Crippen LogP contribution < -0.4 is 19.7 Å². The number of nitrogens with one attached hydrogen (secondary N) is 1. The van der Waals surface area contributed by atoms with Crippen molar-refractivity contribution in [2.75, 3.05) is 50.7 Å². The Balaban J connectivity index is 1.44. The molecule has 1 saturated heterocycles. The van der Waals surface area contributed by atoms with Gasteiger partial charge in [0, 0.05) is 30.4 Å². The van der Waals surface area contributed by atoms with Gasteiger partial charge in [0.25, 0.3) is 0 Å². The van der Waals surface area contributed by atoms with Crippen LogP contribution in [-0.4, -0.2) is 61.4 Å². The number of hydrogen-bond donors (Lipinski definition) is 1. The monoisotopic (exact) mass is 593 g/mol. The van der Waals surface area contributed by atoms with Gasteiger partial charge in [0.1, 0.15) is 11.6 Å². The van der Waals surface area contributed by atoms with Gasteiger partial charge in [-0.2, -0.15) is 4.98 Å². The first-order valence-electron chi connectivity index (χ1n) is 15.1. The van der Waals surface area contributed by atoms with Crippen LogP contribution in [0.5, 0.6) is 11.5 Å². The highest BCUT2D eigenvalue weighted by molar-refractivity contribution is 5.86. The lowest BCUT2D eigenvalue weighted by molar-refractivity contribution is 0.147. The lowest BCUT2D eigenvalue weighted by atomic mass is 10.00. The number of anilines is 3. The largest absolute Gasteiger partial charge is 0.497 e. The normalized spacial score (nSPS) is 15.3. The second-order valence-corrected chi connectivity index (χ2v) is 11.5. The maximum Gasteiger partial charge on any atom is 0.415 e. The fourth-order valence-corrected chi connectivity index (χ4v) is 5.09. The molecule has 3 aromatic rings. The molecule has 0 radical (unpaired) electrons. The molecule has 1 aromatic heterocycles. The summed E-state index contributed by atoms with van der Waals surface area (Å²) in [5, 5.41) is 3.05. The fraction of sp³-hybridized carbons (Fsp3) is 0.485. The second-order valence-electron chi connectivity index (χ2n) is 11.5. The van der Waals surface area contributed by atoms with Crippen LogP contribution in [0.25, 0.3) is 0 Å². The molecule has 1 unspecified atom stereocenters. The molecular weight excluding hydrogens is 549 g/mol. The molecule has 0 saturated carbocycles. The summed E-state index contributed by atoms with van der Waals surface area (Å²) in [6.07, 6.45) is 6.11. The van der Waals surface area contributed by atoms with Crippen molar-refractivity contribution in [2.24, 2.45) is 11.8 Å². The molecule has 2 heterocycles. The standard InChI is InChI=1S/C33H44FN5O4/c1-24(2)9-5-6-18-42-33(40)39(22-25-10-7-12-28(19-25)41-4)31-15-16-35-32(37-31)36-27-13-14-30(29(34)20-27)43-23-26-11-8-17-38(3)21-26/h7,10,12-16,19-20,24,26H,5-6,8-9,11,17-18,21-23H2,1-4H3,(H,35,36,37). The van der Waals surface area contributed by atoms with Crippen LogP contribution in [0.2, 0.25) is 0 Å². The van der Waals surface area contributed by atoms with Crippen molar-refractivity contribution in [1.82, 2.24) is 14.9 Å². The number of carbonyl (C=O) groups excluding carboxylic acids is 1. The molecule has 1 aliphatic heterocycles. The van der Waals surface area contributed by atoms with E-state index in [0.29, 0.717) is 42.3 Å². The van der Waals surface area contributed by atoms with Crippen molar-refractivity contribution in [3.8, 4) is 11.5 Å². The Morgan fingerprint density at radius 1 is 1.19 bits per heavy atom. The van der Waals surface area contributed by atoms with Crippen molar-refractivity contribution < 1.29 is 23.4 Å². The van der Waals surface area contributed by atoms with Gasteiger partial charge in [0.2, 0.25) is 5.95 Å². The minimum absolute atomic E-state index is 0.217. The van der Waals surface area contributed by atoms with Gasteiger partial charge >= 0.3 is 6.09 Å². The summed E-state index contributed by atoms with van der Waals surface area (Å²) in [6.45, 7) is 7.42. The number of halogens is 1. The molecule has 232 valence electrons. The average Bonchev–Trinajstić information content (AvgIpc) is 2.99. The third-order valence-electron chi connectivity index (χ3n) is 7.40. The number of ether oxygens (including phenoxy) is 3. The minimum atomic E-state index is -0.506. The summed E-state index contributed by atoms with van der Waals surface area (Å²) in [7, 11) is 3.70. The third kappa shape index (κ3) is 10.1. The van der Waals surface area contributed by atoms with E-state index in [-0.39, 0.29) is 18.2 Å². The van der Waals surface area contributed by atoms with Gasteiger partial charge in [-0.15, -0.1) is 0 Å². The zero-order valence-corrected chi connectivity index (χ0v) is 25.7. The molecule has 0 bridgehead atoms. The smallest absolute Gasteiger partial charge is 0.415 e. The SMILES string of the molecule is COc1cccc(CN(C(=O)OCCCCC(C)C)c2ccnc(Nc3ccc(OCC4CCCN(C)C4)c(F)c3)n2)c1. The van der Waals surface area contributed by atoms with Gasteiger partial charge in [-0.25, -0.2) is 14.2 Å². The van der Waals surface area contributed by atoms with E-state index in [1.165, 1.54) is 11.0 Å². The highest BCUT2D eigenvalue weighted by atomic mass is 19.1. The Morgan fingerprint density at radius 3 is 2.81 bits per heavy atom. The molecule has 9 nitrogen and oxygen atoms in total. The fourth-order valence-electron chi connectivity index (χ4n) is 5.09. The Morgan fingerprint density at radius 2 is 2.05 bits per heavy atom. The van der Waals surface area contributed by atoms with Crippen LogP contribution in [-0.2, 0) is 11.3 Å². The molecule has 43 heavy (non-hydrogen) atoms. The number of nitrogens with zero attached hydrogens (tertiary/aromatic N) is 4. The van der Waals surface area contributed by atoms with E-state index >= 15 is 0 Å². The topological polar surface area (TPSA) is 89.0 Å². The first kappa shape index (κ1) is 32.0. The zero-order valence-electron chi connectivity index (χ0n) is 25.7. The van der Waals surface area contributed by atoms with Crippen LogP contribution in [0.3, 0.4) is 0 Å². The predicted octanol–water partition coefficient (Wildman–Crippen LogP) is 7.06. The minimum Gasteiger partial charge on any atom is -0.497 e. The summed E-state index contributed by atoms with van der Waals surface area (Å²) in [4.78, 5) is 25.9. The van der Waals surface area contributed by atoms with Crippen LogP contribution in [0.15, 0.2) is 54.7 Å². The van der Waals surface area contributed by atoms with E-state index in [9.17, 15) is 9.18 Å². The van der Waals surface area contributed by atoms with E-state index < -0.39 is 11.9 Å². The molecule has 0 aliphatic carbocycles. The Bertz CT molecular complexity index is 1320. The number of carbonyl (C=O) groups is 1. The van der Waals surface area contributed by atoms with Gasteiger partial charge in [-0.1, -0.05) is 32.4 Å². The Kier molecular flexibility index (Phi) is 12.0. The number of piperidine rings is 1. The number of aromatic nitrogens is 2. The number of rotatable bonds is 14. The van der Waals surface area contributed by atoms with Crippen molar-refractivity contribution in [3.63, 3.8) is 0 Å². The van der Waals surface area contributed by atoms with Crippen molar-refractivity contribution in [1.29, 1.82) is 0 Å². The number of methoxy groups -OCH3 is 1. The van der Waals surface area contributed by atoms with Crippen LogP contribution in [0.1, 0.15) is 51.5 Å². The van der Waals surface area contributed by atoms with Crippen LogP contribution in [0.4, 0.5) is 26.6 Å². The average molecular weight is 594 g/mol. The van der Waals surface area contributed by atoms with Crippen molar-refractivity contribution in [2.45, 2.75) is 52.5 Å². The molecule has 1 atom stereocenters. The van der Waals surface area contributed by atoms with Gasteiger partial charge in [-0.05, 0) is 81.1 Å². The number of hydrogen-bond acceptors (Lipinski definition) is 8. The van der Waals surface area contributed by atoms with E-state index in [0.717, 1.165) is 50.8 Å². The van der Waals surface area contributed by atoms with Crippen LogP contribution in [0, 0.1) is 17.7 Å². The van der Waals surface area contributed by atoms with E-state index in [4.69, 9.17) is 14.2 Å². The quantitative estimate of drug-likeness (QED) is 0.199. The summed E-state index contributed by atoms with van der Waals surface area (Å²) < 4.78 is 31.7. The maximum absolute atomic E-state index is 14.9. The number of benzene rings is 2. The van der Waals surface area contributed by atoms with Crippen molar-refractivity contribution >= 4 is 23.5 Å². The molecule has 4 rings (SSSR count). The maximum atomic E-state index is 14.9. The molecule has 1 fully saturated rings. The molecular formula is C33H44FN5O4. The lowest BCUT2D eigenvalue weighted by Gasteiger charge is -2.29. The van der Waals surface area contributed by atoms with Gasteiger partial charge in [-0.3, -0.25) is 4.90 Å². The third-order valence-corrected chi connectivity index (χ3v) is 7.40.